The number of carbonyl (C=O) groups excluding carboxylic acids is 1. The van der Waals surface area contributed by atoms with Gasteiger partial charge in [-0.05, 0) is 37.1 Å². The minimum atomic E-state index is -3.22. The van der Waals surface area contributed by atoms with E-state index in [0.717, 1.165) is 22.9 Å². The van der Waals surface area contributed by atoms with E-state index in [9.17, 15) is 13.2 Å². The van der Waals surface area contributed by atoms with Crippen molar-refractivity contribution in [2.24, 2.45) is 0 Å². The van der Waals surface area contributed by atoms with Crippen molar-refractivity contribution in [3.63, 3.8) is 0 Å². The number of methoxy groups -OCH3 is 1. The van der Waals surface area contributed by atoms with E-state index in [-0.39, 0.29) is 11.9 Å². The number of likely N-dealkylation sites (tertiary alicyclic amines) is 1. The van der Waals surface area contributed by atoms with Crippen molar-refractivity contribution in [3.8, 4) is 5.75 Å². The topological polar surface area (TPSA) is 88.6 Å². The summed E-state index contributed by atoms with van der Waals surface area (Å²) in [5.74, 6) is 0.615. The molecule has 0 spiro atoms. The molecule has 1 saturated heterocycles. The van der Waals surface area contributed by atoms with E-state index >= 15 is 0 Å². The van der Waals surface area contributed by atoms with E-state index in [0.29, 0.717) is 31.6 Å². The third-order valence-electron chi connectivity index (χ3n) is 4.28. The molecule has 1 aromatic heterocycles. The average molecular weight is 363 g/mol. The monoisotopic (exact) mass is 363 g/mol. The van der Waals surface area contributed by atoms with Gasteiger partial charge in [0.1, 0.15) is 11.4 Å². The standard InChI is InChI=1S/C17H21N3O4S/c1-24-14-4-6-15-12(11-14)3-5-16(18-15)17(21)20-9-7-13(8-10-20)19-25(2,22)23/h3-6,11,13,19H,7-10H2,1-2H3. The fraction of sp³-hybridized carbons (Fsp3) is 0.412. The smallest absolute Gasteiger partial charge is 0.272 e. The number of piperidine rings is 1. The highest BCUT2D eigenvalue weighted by molar-refractivity contribution is 7.88. The van der Waals surface area contributed by atoms with Crippen LogP contribution in [0.3, 0.4) is 0 Å². The van der Waals surface area contributed by atoms with Crippen LogP contribution in [0.5, 0.6) is 5.75 Å². The van der Waals surface area contributed by atoms with Crippen LogP contribution in [-0.4, -0.2) is 56.7 Å². The van der Waals surface area contributed by atoms with Crippen LogP contribution in [0, 0.1) is 0 Å². The molecular weight excluding hydrogens is 342 g/mol. The molecule has 1 amide bonds. The molecule has 134 valence electrons. The normalized spacial score (nSPS) is 16.2. The molecule has 1 N–H and O–H groups in total. The molecule has 2 heterocycles. The van der Waals surface area contributed by atoms with Crippen LogP contribution in [0.1, 0.15) is 23.3 Å². The highest BCUT2D eigenvalue weighted by Crippen LogP contribution is 2.21. The molecule has 1 aliphatic heterocycles. The Morgan fingerprint density at radius 1 is 1.24 bits per heavy atom. The zero-order chi connectivity index (χ0) is 18.0. The predicted molar refractivity (Wildman–Crippen MR) is 95.2 cm³/mol. The molecule has 2 aromatic rings. The molecule has 25 heavy (non-hydrogen) atoms. The summed E-state index contributed by atoms with van der Waals surface area (Å²) < 4.78 is 30.4. The minimum Gasteiger partial charge on any atom is -0.497 e. The molecule has 0 saturated carbocycles. The van der Waals surface area contributed by atoms with Gasteiger partial charge >= 0.3 is 0 Å². The van der Waals surface area contributed by atoms with Gasteiger partial charge < -0.3 is 9.64 Å². The number of benzene rings is 1. The summed E-state index contributed by atoms with van der Waals surface area (Å²) in [6.07, 6.45) is 2.35. The number of nitrogens with one attached hydrogen (secondary N) is 1. The third-order valence-corrected chi connectivity index (χ3v) is 5.04. The molecule has 1 aliphatic rings. The van der Waals surface area contributed by atoms with Crippen molar-refractivity contribution in [3.05, 3.63) is 36.0 Å². The average Bonchev–Trinajstić information content (AvgIpc) is 2.59. The first kappa shape index (κ1) is 17.6. The van der Waals surface area contributed by atoms with Crippen molar-refractivity contribution in [2.45, 2.75) is 18.9 Å². The third kappa shape index (κ3) is 4.26. The number of hydrogen-bond acceptors (Lipinski definition) is 5. The van der Waals surface area contributed by atoms with Gasteiger partial charge in [0.25, 0.3) is 5.91 Å². The zero-order valence-corrected chi connectivity index (χ0v) is 15.0. The van der Waals surface area contributed by atoms with Crippen LogP contribution >= 0.6 is 0 Å². The van der Waals surface area contributed by atoms with Crippen LogP contribution in [0.4, 0.5) is 0 Å². The van der Waals surface area contributed by atoms with Gasteiger partial charge in [-0.3, -0.25) is 4.79 Å². The Hall–Kier alpha value is -2.19. The number of amides is 1. The number of aromatic nitrogens is 1. The number of ether oxygens (including phenoxy) is 1. The molecule has 0 aliphatic carbocycles. The van der Waals surface area contributed by atoms with E-state index in [1.165, 1.54) is 0 Å². The first-order valence-electron chi connectivity index (χ1n) is 8.07. The summed E-state index contributed by atoms with van der Waals surface area (Å²) >= 11 is 0. The lowest BCUT2D eigenvalue weighted by atomic mass is 10.1. The second kappa shape index (κ2) is 6.97. The minimum absolute atomic E-state index is 0.115. The van der Waals surface area contributed by atoms with Crippen LogP contribution in [-0.2, 0) is 10.0 Å². The fourth-order valence-corrected chi connectivity index (χ4v) is 3.86. The lowest BCUT2D eigenvalue weighted by Crippen LogP contribution is -2.46. The molecule has 3 rings (SSSR count). The van der Waals surface area contributed by atoms with Crippen LogP contribution in [0.25, 0.3) is 10.9 Å². The van der Waals surface area contributed by atoms with Crippen molar-refractivity contribution in [1.29, 1.82) is 0 Å². The van der Waals surface area contributed by atoms with E-state index in [1.807, 2.05) is 24.3 Å². The van der Waals surface area contributed by atoms with Gasteiger partial charge in [0, 0.05) is 24.5 Å². The highest BCUT2D eigenvalue weighted by Gasteiger charge is 2.25. The van der Waals surface area contributed by atoms with Gasteiger partial charge in [-0.15, -0.1) is 0 Å². The summed E-state index contributed by atoms with van der Waals surface area (Å²) in [6.45, 7) is 1.02. The van der Waals surface area contributed by atoms with Gasteiger partial charge in [-0.25, -0.2) is 18.1 Å². The second-order valence-electron chi connectivity index (χ2n) is 6.21. The molecular formula is C17H21N3O4S. The SMILES string of the molecule is COc1ccc2nc(C(=O)N3CCC(NS(C)(=O)=O)CC3)ccc2c1. The van der Waals surface area contributed by atoms with E-state index < -0.39 is 10.0 Å². The quantitative estimate of drug-likeness (QED) is 0.887. The summed E-state index contributed by atoms with van der Waals surface area (Å²) in [5.41, 5.74) is 1.13. The molecule has 0 radical (unpaired) electrons. The highest BCUT2D eigenvalue weighted by atomic mass is 32.2. The summed E-state index contributed by atoms with van der Waals surface area (Å²) in [6, 6.07) is 8.97. The van der Waals surface area contributed by atoms with Gasteiger partial charge in [-0.2, -0.15) is 0 Å². The summed E-state index contributed by atoms with van der Waals surface area (Å²) in [5, 5.41) is 0.909. The Labute approximate surface area is 147 Å². The molecule has 1 fully saturated rings. The van der Waals surface area contributed by atoms with E-state index in [1.54, 1.807) is 18.1 Å². The van der Waals surface area contributed by atoms with E-state index in [2.05, 4.69) is 9.71 Å². The molecule has 0 bridgehead atoms. The molecule has 7 nitrogen and oxygen atoms in total. The lowest BCUT2D eigenvalue weighted by Gasteiger charge is -2.31. The fourth-order valence-electron chi connectivity index (χ4n) is 3.01. The molecule has 1 aromatic carbocycles. The number of nitrogens with zero attached hydrogens (tertiary/aromatic N) is 2. The number of carbonyl (C=O) groups is 1. The maximum Gasteiger partial charge on any atom is 0.272 e. The Morgan fingerprint density at radius 2 is 1.96 bits per heavy atom. The van der Waals surface area contributed by atoms with Crippen LogP contribution in [0.15, 0.2) is 30.3 Å². The number of fused-ring (bicyclic) bond motifs is 1. The summed E-state index contributed by atoms with van der Waals surface area (Å²) in [4.78, 5) is 18.8. The first-order valence-corrected chi connectivity index (χ1v) is 9.96. The second-order valence-corrected chi connectivity index (χ2v) is 7.99. The van der Waals surface area contributed by atoms with Crippen molar-refractivity contribution >= 4 is 26.8 Å². The van der Waals surface area contributed by atoms with Crippen LogP contribution in [0.2, 0.25) is 0 Å². The maximum atomic E-state index is 12.7. The zero-order valence-electron chi connectivity index (χ0n) is 14.2. The molecule has 8 heteroatoms. The van der Waals surface area contributed by atoms with Gasteiger partial charge in [-0.1, -0.05) is 6.07 Å². The Bertz CT molecular complexity index is 890. The maximum absolute atomic E-state index is 12.7. The number of sulfonamides is 1. The van der Waals surface area contributed by atoms with Gasteiger partial charge in [0.2, 0.25) is 10.0 Å². The Morgan fingerprint density at radius 3 is 2.60 bits per heavy atom. The Balaban J connectivity index is 1.70. The van der Waals surface area contributed by atoms with Crippen molar-refractivity contribution in [1.82, 2.24) is 14.6 Å². The van der Waals surface area contributed by atoms with Gasteiger partial charge in [0.05, 0.1) is 18.9 Å². The van der Waals surface area contributed by atoms with Gasteiger partial charge in [0.15, 0.2) is 0 Å². The number of pyridine rings is 1. The Kier molecular flexibility index (Phi) is 4.91. The van der Waals surface area contributed by atoms with Crippen LogP contribution < -0.4 is 9.46 Å². The number of hydrogen-bond donors (Lipinski definition) is 1. The largest absolute Gasteiger partial charge is 0.497 e. The molecule has 0 unspecified atom stereocenters. The predicted octanol–water partition coefficient (Wildman–Crippen LogP) is 1.40. The number of rotatable bonds is 4. The molecule has 0 atom stereocenters. The lowest BCUT2D eigenvalue weighted by molar-refractivity contribution is 0.0706. The first-order chi connectivity index (χ1) is 11.9. The summed E-state index contributed by atoms with van der Waals surface area (Å²) in [7, 11) is -1.61. The van der Waals surface area contributed by atoms with E-state index in [4.69, 9.17) is 4.74 Å². The van der Waals surface area contributed by atoms with Crippen molar-refractivity contribution < 1.29 is 17.9 Å². The van der Waals surface area contributed by atoms with Crippen molar-refractivity contribution in [2.75, 3.05) is 26.5 Å².